The molecule has 3 nitrogen and oxygen atoms in total. The second-order valence-electron chi connectivity index (χ2n) is 3.61. The van der Waals surface area contributed by atoms with Crippen LogP contribution in [0.2, 0.25) is 0 Å². The van der Waals surface area contributed by atoms with E-state index in [2.05, 4.69) is 19.2 Å². The van der Waals surface area contributed by atoms with Crippen molar-refractivity contribution in [3.63, 3.8) is 0 Å². The number of ether oxygens (including phenoxy) is 1. The molecule has 1 heterocycles. The van der Waals surface area contributed by atoms with Gasteiger partial charge < -0.3 is 10.1 Å². The van der Waals surface area contributed by atoms with Crippen LogP contribution in [0.3, 0.4) is 0 Å². The Morgan fingerprint density at radius 3 is 2.77 bits per heavy atom. The molecular weight excluding hydrogens is 166 g/mol. The van der Waals surface area contributed by atoms with E-state index in [9.17, 15) is 4.79 Å². The Hall–Kier alpha value is -0.830. The molecule has 0 radical (unpaired) electrons. The molecule has 1 N–H and O–H groups in total. The highest BCUT2D eigenvalue weighted by Crippen LogP contribution is 2.14. The summed E-state index contributed by atoms with van der Waals surface area (Å²) in [5.74, 6) is 0.114. The van der Waals surface area contributed by atoms with E-state index in [4.69, 9.17) is 4.74 Å². The number of rotatable bonds is 3. The summed E-state index contributed by atoms with van der Waals surface area (Å²) in [6.07, 6.45) is 0.826. The van der Waals surface area contributed by atoms with Crippen LogP contribution in [0.25, 0.3) is 0 Å². The summed E-state index contributed by atoms with van der Waals surface area (Å²) < 4.78 is 5.24. The topological polar surface area (TPSA) is 38.3 Å². The molecule has 0 aromatic rings. The van der Waals surface area contributed by atoms with E-state index in [0.717, 1.165) is 17.7 Å². The average Bonchev–Trinajstić information content (AvgIpc) is 2.03. The van der Waals surface area contributed by atoms with Crippen LogP contribution in [-0.4, -0.2) is 25.0 Å². The van der Waals surface area contributed by atoms with Gasteiger partial charge in [-0.3, -0.25) is 4.79 Å². The lowest BCUT2D eigenvalue weighted by atomic mass is 10.1. The lowest BCUT2D eigenvalue weighted by Gasteiger charge is -2.22. The number of ketones is 1. The molecule has 0 aromatic carbocycles. The Morgan fingerprint density at radius 1 is 1.54 bits per heavy atom. The maximum Gasteiger partial charge on any atom is 0.159 e. The monoisotopic (exact) mass is 183 g/mol. The van der Waals surface area contributed by atoms with Crippen molar-refractivity contribution >= 4 is 5.78 Å². The van der Waals surface area contributed by atoms with Gasteiger partial charge in [0, 0.05) is 23.7 Å². The molecule has 0 fully saturated rings. The molecule has 0 atom stereocenters. The van der Waals surface area contributed by atoms with Crippen LogP contribution >= 0.6 is 0 Å². The second-order valence-corrected chi connectivity index (χ2v) is 3.61. The van der Waals surface area contributed by atoms with Crippen molar-refractivity contribution in [2.75, 3.05) is 13.2 Å². The molecule has 13 heavy (non-hydrogen) atoms. The highest BCUT2D eigenvalue weighted by molar-refractivity contribution is 5.94. The minimum Gasteiger partial charge on any atom is -0.386 e. The number of carbonyl (C=O) groups is 1. The van der Waals surface area contributed by atoms with Crippen LogP contribution in [0.15, 0.2) is 11.3 Å². The molecule has 0 aliphatic carbocycles. The molecule has 0 unspecified atom stereocenters. The lowest BCUT2D eigenvalue weighted by Crippen LogP contribution is -2.29. The minimum absolute atomic E-state index is 0.114. The van der Waals surface area contributed by atoms with Crippen LogP contribution in [0.4, 0.5) is 0 Å². The van der Waals surface area contributed by atoms with Gasteiger partial charge in [-0.1, -0.05) is 0 Å². The van der Waals surface area contributed by atoms with Crippen molar-refractivity contribution in [3.8, 4) is 0 Å². The fourth-order valence-electron chi connectivity index (χ4n) is 1.41. The third kappa shape index (κ3) is 2.84. The highest BCUT2D eigenvalue weighted by atomic mass is 16.5. The van der Waals surface area contributed by atoms with Gasteiger partial charge in [-0.2, -0.15) is 0 Å². The predicted molar refractivity (Wildman–Crippen MR) is 51.4 cm³/mol. The van der Waals surface area contributed by atoms with E-state index in [1.807, 2.05) is 0 Å². The zero-order valence-electron chi connectivity index (χ0n) is 8.52. The first-order valence-corrected chi connectivity index (χ1v) is 4.68. The molecule has 1 rings (SSSR count). The van der Waals surface area contributed by atoms with E-state index < -0.39 is 0 Å². The molecule has 0 aromatic heterocycles. The first-order valence-electron chi connectivity index (χ1n) is 4.68. The molecule has 1 aliphatic rings. The van der Waals surface area contributed by atoms with Crippen molar-refractivity contribution in [3.05, 3.63) is 11.3 Å². The van der Waals surface area contributed by atoms with Gasteiger partial charge in [0.15, 0.2) is 5.78 Å². The van der Waals surface area contributed by atoms with Crippen LogP contribution < -0.4 is 5.32 Å². The molecular formula is C10H17NO2. The summed E-state index contributed by atoms with van der Waals surface area (Å²) >= 11 is 0. The Kier molecular flexibility index (Phi) is 3.48. The predicted octanol–water partition coefficient (Wildman–Crippen LogP) is 1.25. The molecule has 0 amide bonds. The van der Waals surface area contributed by atoms with Crippen molar-refractivity contribution in [1.29, 1.82) is 0 Å². The van der Waals surface area contributed by atoms with Crippen LogP contribution in [0, 0.1) is 0 Å². The molecule has 0 bridgehead atoms. The number of hydrogen-bond acceptors (Lipinski definition) is 3. The van der Waals surface area contributed by atoms with Gasteiger partial charge >= 0.3 is 0 Å². The molecule has 3 heteroatoms. The average molecular weight is 183 g/mol. The third-order valence-electron chi connectivity index (χ3n) is 1.99. The van der Waals surface area contributed by atoms with E-state index in [-0.39, 0.29) is 5.78 Å². The lowest BCUT2D eigenvalue weighted by molar-refractivity contribution is -0.114. The molecule has 74 valence electrons. The van der Waals surface area contributed by atoms with Gasteiger partial charge in [-0.15, -0.1) is 0 Å². The van der Waals surface area contributed by atoms with Gasteiger partial charge in [0.1, 0.15) is 0 Å². The summed E-state index contributed by atoms with van der Waals surface area (Å²) in [5.41, 5.74) is 1.87. The minimum atomic E-state index is 0.114. The van der Waals surface area contributed by atoms with Crippen molar-refractivity contribution in [2.45, 2.75) is 33.2 Å². The third-order valence-corrected chi connectivity index (χ3v) is 1.99. The zero-order chi connectivity index (χ0) is 9.84. The van der Waals surface area contributed by atoms with Gasteiger partial charge in [-0.05, 0) is 20.8 Å². The molecule has 0 spiro atoms. The number of nitrogens with one attached hydrogen (secondary N) is 1. The number of Topliss-reactive ketones (excluding diaryl/α,β-unsaturated/α-hetero) is 1. The maximum atomic E-state index is 11.2. The van der Waals surface area contributed by atoms with Crippen molar-refractivity contribution in [2.24, 2.45) is 0 Å². The highest BCUT2D eigenvalue weighted by Gasteiger charge is 2.16. The largest absolute Gasteiger partial charge is 0.386 e. The zero-order valence-corrected chi connectivity index (χ0v) is 8.52. The summed E-state index contributed by atoms with van der Waals surface area (Å²) in [6, 6.07) is 0.377. The van der Waals surface area contributed by atoms with Gasteiger partial charge in [0.2, 0.25) is 0 Å². The van der Waals surface area contributed by atoms with Crippen LogP contribution in [0.1, 0.15) is 27.2 Å². The SMILES string of the molecule is CC(=O)C1=C(NC(C)C)CCOC1. The van der Waals surface area contributed by atoms with Crippen LogP contribution in [-0.2, 0) is 9.53 Å². The van der Waals surface area contributed by atoms with Gasteiger partial charge in [0.25, 0.3) is 0 Å². The van der Waals surface area contributed by atoms with Crippen LogP contribution in [0.5, 0.6) is 0 Å². The quantitative estimate of drug-likeness (QED) is 0.715. The van der Waals surface area contributed by atoms with Gasteiger partial charge in [-0.25, -0.2) is 0 Å². The van der Waals surface area contributed by atoms with Crippen molar-refractivity contribution in [1.82, 2.24) is 5.32 Å². The van der Waals surface area contributed by atoms with E-state index >= 15 is 0 Å². The number of carbonyl (C=O) groups excluding carboxylic acids is 1. The Labute approximate surface area is 79.2 Å². The summed E-state index contributed by atoms with van der Waals surface area (Å²) in [7, 11) is 0. The summed E-state index contributed by atoms with van der Waals surface area (Å²) in [4.78, 5) is 11.2. The van der Waals surface area contributed by atoms with E-state index in [1.54, 1.807) is 6.92 Å². The van der Waals surface area contributed by atoms with E-state index in [0.29, 0.717) is 19.3 Å². The molecule has 1 aliphatic heterocycles. The smallest absolute Gasteiger partial charge is 0.159 e. The Balaban J connectivity index is 2.77. The maximum absolute atomic E-state index is 11.2. The molecule has 0 saturated heterocycles. The second kappa shape index (κ2) is 4.42. The Morgan fingerprint density at radius 2 is 2.23 bits per heavy atom. The first-order chi connectivity index (χ1) is 6.11. The summed E-state index contributed by atoms with van der Waals surface area (Å²) in [5, 5.41) is 3.29. The standard InChI is InChI=1S/C10H17NO2/c1-7(2)11-10-4-5-13-6-9(10)8(3)12/h7,11H,4-6H2,1-3H3. The normalized spacial score (nSPS) is 17.8. The van der Waals surface area contributed by atoms with E-state index in [1.165, 1.54) is 0 Å². The van der Waals surface area contributed by atoms with Gasteiger partial charge in [0.05, 0.1) is 13.2 Å². The number of hydrogen-bond donors (Lipinski definition) is 1. The Bertz CT molecular complexity index is 231. The fourth-order valence-corrected chi connectivity index (χ4v) is 1.41. The molecule has 0 saturated carbocycles. The van der Waals surface area contributed by atoms with Crippen molar-refractivity contribution < 1.29 is 9.53 Å². The summed E-state index contributed by atoms with van der Waals surface area (Å²) in [6.45, 7) is 6.91. The first kappa shape index (κ1) is 10.3. The fraction of sp³-hybridized carbons (Fsp3) is 0.700.